The van der Waals surface area contributed by atoms with E-state index < -0.39 is 29.8 Å². The van der Waals surface area contributed by atoms with Gasteiger partial charge in [-0.1, -0.05) is 42.5 Å². The number of esters is 1. The summed E-state index contributed by atoms with van der Waals surface area (Å²) in [5, 5.41) is 0. The highest BCUT2D eigenvalue weighted by Gasteiger charge is 2.52. The second-order valence-corrected chi connectivity index (χ2v) is 7.15. The first kappa shape index (κ1) is 25.5. The van der Waals surface area contributed by atoms with Gasteiger partial charge < -0.3 is 19.1 Å². The maximum Gasteiger partial charge on any atom is 0.342 e. The van der Waals surface area contributed by atoms with Crippen molar-refractivity contribution in [1.82, 2.24) is 4.90 Å². The van der Waals surface area contributed by atoms with E-state index >= 15 is 0 Å². The van der Waals surface area contributed by atoms with Gasteiger partial charge in [-0.2, -0.15) is 0 Å². The zero-order valence-electron chi connectivity index (χ0n) is 18.9. The van der Waals surface area contributed by atoms with Gasteiger partial charge in [-0.05, 0) is 36.3 Å². The van der Waals surface area contributed by atoms with Crippen LogP contribution < -0.4 is 4.74 Å². The highest BCUT2D eigenvalue weighted by molar-refractivity contribution is 6.11. The third-order valence-corrected chi connectivity index (χ3v) is 5.07. The number of amides is 1. The van der Waals surface area contributed by atoms with Crippen molar-refractivity contribution in [3.05, 3.63) is 77.9 Å². The third kappa shape index (κ3) is 6.36. The molecule has 174 valence electrons. The number of allylic oxidation sites excluding steroid dienone is 1. The van der Waals surface area contributed by atoms with Crippen molar-refractivity contribution in [2.24, 2.45) is 0 Å². The maximum atomic E-state index is 13.1. The minimum atomic E-state index is -2.06. The van der Waals surface area contributed by atoms with Crippen LogP contribution in [0.5, 0.6) is 5.75 Å². The summed E-state index contributed by atoms with van der Waals surface area (Å²) in [6.45, 7) is 0.762. The van der Waals surface area contributed by atoms with E-state index in [1.807, 2.05) is 30.3 Å². The van der Waals surface area contributed by atoms with Gasteiger partial charge in [-0.3, -0.25) is 14.4 Å². The van der Waals surface area contributed by atoms with Crippen LogP contribution in [0.15, 0.2) is 66.7 Å². The molecule has 0 unspecified atom stereocenters. The molecule has 0 aliphatic heterocycles. The van der Waals surface area contributed by atoms with Crippen LogP contribution in [0.4, 0.5) is 0 Å². The van der Waals surface area contributed by atoms with Crippen LogP contribution in [0.1, 0.15) is 18.1 Å². The molecule has 0 N–H and O–H groups in total. The summed E-state index contributed by atoms with van der Waals surface area (Å²) in [5.41, 5.74) is -0.608. The molecule has 1 atom stereocenters. The number of rotatable bonds is 12. The van der Waals surface area contributed by atoms with E-state index in [1.165, 1.54) is 14.0 Å². The molecule has 0 bridgehead atoms. The Morgan fingerprint density at radius 3 is 2.18 bits per heavy atom. The van der Waals surface area contributed by atoms with Gasteiger partial charge in [-0.15, -0.1) is 0 Å². The Labute approximate surface area is 192 Å². The lowest BCUT2D eigenvalue weighted by atomic mass is 9.92. The average molecular weight is 453 g/mol. The lowest BCUT2D eigenvalue weighted by Crippen LogP contribution is -2.64. The molecule has 33 heavy (non-hydrogen) atoms. The zero-order valence-corrected chi connectivity index (χ0v) is 18.9. The van der Waals surface area contributed by atoms with Crippen LogP contribution in [0.2, 0.25) is 0 Å². The largest absolute Gasteiger partial charge is 0.497 e. The van der Waals surface area contributed by atoms with Crippen molar-refractivity contribution in [2.45, 2.75) is 25.6 Å². The summed E-state index contributed by atoms with van der Waals surface area (Å²) in [5.74, 6) is -1.69. The van der Waals surface area contributed by atoms with Gasteiger partial charge in [0.15, 0.2) is 5.78 Å². The van der Waals surface area contributed by atoms with Crippen LogP contribution in [-0.4, -0.2) is 55.2 Å². The van der Waals surface area contributed by atoms with E-state index in [0.29, 0.717) is 17.6 Å². The van der Waals surface area contributed by atoms with Crippen LogP contribution in [0.3, 0.4) is 0 Å². The number of ketones is 1. The van der Waals surface area contributed by atoms with Gasteiger partial charge in [0.2, 0.25) is 11.4 Å². The first-order chi connectivity index (χ1) is 15.9. The number of ether oxygens (including phenoxy) is 3. The lowest BCUT2D eigenvalue weighted by molar-refractivity contribution is -0.171. The summed E-state index contributed by atoms with van der Waals surface area (Å²) >= 11 is 0. The van der Waals surface area contributed by atoms with Gasteiger partial charge in [0.25, 0.3) is 0 Å². The molecule has 0 spiro atoms. The SMILES string of the molecule is COC(=O)[C@@](COCc1ccccc1)(C(C)=O)N(Cc1ccc(OC)cc1)C(=O)/C=C/C=O. The molecule has 0 aliphatic rings. The molecular formula is C25H27NO7. The number of aldehydes is 1. The van der Waals surface area contributed by atoms with Crippen LogP contribution >= 0.6 is 0 Å². The topological polar surface area (TPSA) is 99.2 Å². The molecule has 0 fully saturated rings. The Morgan fingerprint density at radius 1 is 0.970 bits per heavy atom. The number of methoxy groups -OCH3 is 2. The Kier molecular flexibility index (Phi) is 9.50. The van der Waals surface area contributed by atoms with Gasteiger partial charge in [0.05, 0.1) is 27.4 Å². The van der Waals surface area contributed by atoms with Gasteiger partial charge in [-0.25, -0.2) is 4.79 Å². The minimum absolute atomic E-state index is 0.113. The van der Waals surface area contributed by atoms with Crippen LogP contribution in [-0.2, 0) is 41.8 Å². The zero-order chi connectivity index (χ0) is 24.3. The molecule has 8 heteroatoms. The minimum Gasteiger partial charge on any atom is -0.497 e. The highest BCUT2D eigenvalue weighted by atomic mass is 16.5. The quantitative estimate of drug-likeness (QED) is 0.211. The second-order valence-electron chi connectivity index (χ2n) is 7.15. The Morgan fingerprint density at radius 2 is 1.64 bits per heavy atom. The summed E-state index contributed by atoms with van der Waals surface area (Å²) in [6, 6.07) is 16.0. The number of carbonyl (C=O) groups is 4. The molecule has 0 radical (unpaired) electrons. The maximum absolute atomic E-state index is 13.1. The fraction of sp³-hybridized carbons (Fsp3) is 0.280. The van der Waals surface area contributed by atoms with Crippen molar-refractivity contribution in [3.63, 3.8) is 0 Å². The Hall–Kier alpha value is -3.78. The molecule has 1 amide bonds. The number of Topliss-reactive ketones (excluding diaryl/α,β-unsaturated/α-hetero) is 1. The fourth-order valence-corrected chi connectivity index (χ4v) is 3.27. The standard InChI is InChI=1S/C25H27NO7/c1-19(28)25(24(30)32-3,18-33-17-21-8-5-4-6-9-21)26(23(29)10-7-15-27)16-20-11-13-22(31-2)14-12-20/h4-15H,16-18H2,1-3H3/b10-7+/t25-/m1/s1. The molecule has 2 aromatic carbocycles. The predicted molar refractivity (Wildman–Crippen MR) is 120 cm³/mol. The van der Waals surface area contributed by atoms with Crippen molar-refractivity contribution in [3.8, 4) is 5.75 Å². The monoisotopic (exact) mass is 453 g/mol. The van der Waals surface area contributed by atoms with Crippen LogP contribution in [0, 0.1) is 0 Å². The number of benzene rings is 2. The summed E-state index contributed by atoms with van der Waals surface area (Å²) in [6.07, 6.45) is 2.42. The van der Waals surface area contributed by atoms with E-state index in [9.17, 15) is 19.2 Å². The smallest absolute Gasteiger partial charge is 0.342 e. The highest BCUT2D eigenvalue weighted by Crippen LogP contribution is 2.25. The molecule has 0 aromatic heterocycles. The molecule has 0 aliphatic carbocycles. The number of hydrogen-bond acceptors (Lipinski definition) is 7. The van der Waals surface area contributed by atoms with E-state index in [-0.39, 0.29) is 13.2 Å². The van der Waals surface area contributed by atoms with Gasteiger partial charge in [0.1, 0.15) is 12.0 Å². The molecule has 0 saturated carbocycles. The number of carbonyl (C=O) groups excluding carboxylic acids is 4. The molecule has 2 aromatic rings. The van der Waals surface area contributed by atoms with E-state index in [4.69, 9.17) is 14.2 Å². The van der Waals surface area contributed by atoms with Crippen molar-refractivity contribution >= 4 is 23.9 Å². The summed E-state index contributed by atoms with van der Waals surface area (Å²) in [4.78, 5) is 50.9. The lowest BCUT2D eigenvalue weighted by Gasteiger charge is -2.39. The van der Waals surface area contributed by atoms with Gasteiger partial charge >= 0.3 is 5.97 Å². The summed E-state index contributed by atoms with van der Waals surface area (Å²) in [7, 11) is 2.66. The first-order valence-corrected chi connectivity index (χ1v) is 10.2. The van der Waals surface area contributed by atoms with Gasteiger partial charge in [0, 0.05) is 12.6 Å². The van der Waals surface area contributed by atoms with Crippen molar-refractivity contribution in [1.29, 1.82) is 0 Å². The Bertz CT molecular complexity index is 986. The first-order valence-electron chi connectivity index (χ1n) is 10.2. The average Bonchev–Trinajstić information content (AvgIpc) is 2.84. The summed E-state index contributed by atoms with van der Waals surface area (Å²) < 4.78 is 15.8. The molecule has 8 nitrogen and oxygen atoms in total. The third-order valence-electron chi connectivity index (χ3n) is 5.07. The fourth-order valence-electron chi connectivity index (χ4n) is 3.27. The Balaban J connectivity index is 2.47. The molecule has 0 heterocycles. The van der Waals surface area contributed by atoms with Crippen LogP contribution in [0.25, 0.3) is 0 Å². The van der Waals surface area contributed by atoms with E-state index in [0.717, 1.165) is 29.7 Å². The molecule has 0 saturated heterocycles. The normalized spacial score (nSPS) is 12.6. The van der Waals surface area contributed by atoms with Crippen molar-refractivity contribution < 1.29 is 33.4 Å². The molecular weight excluding hydrogens is 426 g/mol. The second kappa shape index (κ2) is 12.3. The van der Waals surface area contributed by atoms with E-state index in [1.54, 1.807) is 24.3 Å². The van der Waals surface area contributed by atoms with E-state index in [2.05, 4.69) is 0 Å². The molecule has 2 rings (SSSR count). The predicted octanol–water partition coefficient (Wildman–Crippen LogP) is 2.50. The number of hydrogen-bond donors (Lipinski definition) is 0. The number of nitrogens with zero attached hydrogens (tertiary/aromatic N) is 1. The van der Waals surface area contributed by atoms with Crippen molar-refractivity contribution in [2.75, 3.05) is 20.8 Å².